The highest BCUT2D eigenvalue weighted by Crippen LogP contribution is 2.36. The summed E-state index contributed by atoms with van der Waals surface area (Å²) in [6, 6.07) is 6.37. The molecule has 138 valence electrons. The van der Waals surface area contributed by atoms with Gasteiger partial charge in [-0.1, -0.05) is 16.8 Å². The van der Waals surface area contributed by atoms with E-state index in [9.17, 15) is 4.79 Å². The van der Waals surface area contributed by atoms with E-state index < -0.39 is 0 Å². The van der Waals surface area contributed by atoms with Gasteiger partial charge in [-0.2, -0.15) is 0 Å². The molecule has 0 N–H and O–H groups in total. The second kappa shape index (κ2) is 7.00. The minimum Gasteiger partial charge on any atom is -0.497 e. The Balaban J connectivity index is 1.32. The summed E-state index contributed by atoms with van der Waals surface area (Å²) in [5.74, 6) is 1.26. The molecular weight excluding hydrogens is 352 g/mol. The van der Waals surface area contributed by atoms with Crippen LogP contribution in [0.2, 0.25) is 5.02 Å². The van der Waals surface area contributed by atoms with Crippen LogP contribution in [0, 0.1) is 5.92 Å². The lowest BCUT2D eigenvalue weighted by Gasteiger charge is -2.43. The molecule has 4 rings (SSSR count). The van der Waals surface area contributed by atoms with Gasteiger partial charge in [-0.3, -0.25) is 9.69 Å². The van der Waals surface area contributed by atoms with Crippen molar-refractivity contribution in [3.05, 3.63) is 40.7 Å². The molecule has 0 radical (unpaired) electrons. The van der Waals surface area contributed by atoms with Crippen molar-refractivity contribution in [2.45, 2.75) is 38.3 Å². The van der Waals surface area contributed by atoms with Crippen LogP contribution in [0.25, 0.3) is 0 Å². The first kappa shape index (κ1) is 17.5. The first-order chi connectivity index (χ1) is 12.5. The molecule has 1 aromatic carbocycles. The Labute approximate surface area is 158 Å². The molecule has 2 fully saturated rings. The molecule has 6 nitrogen and oxygen atoms in total. The van der Waals surface area contributed by atoms with Gasteiger partial charge in [-0.05, 0) is 49.4 Å². The topological polar surface area (TPSA) is 60.2 Å². The van der Waals surface area contributed by atoms with E-state index in [-0.39, 0.29) is 11.8 Å². The van der Waals surface area contributed by atoms with Gasteiger partial charge in [-0.15, -0.1) is 5.10 Å². The third kappa shape index (κ3) is 3.48. The first-order valence-corrected chi connectivity index (χ1v) is 9.45. The summed E-state index contributed by atoms with van der Waals surface area (Å²) < 4.78 is 7.13. The fourth-order valence-corrected chi connectivity index (χ4v) is 3.79. The van der Waals surface area contributed by atoms with E-state index in [2.05, 4.69) is 22.1 Å². The predicted molar refractivity (Wildman–Crippen MR) is 98.7 cm³/mol. The molecule has 2 heterocycles. The molecule has 0 spiro atoms. The largest absolute Gasteiger partial charge is 0.497 e. The van der Waals surface area contributed by atoms with E-state index >= 15 is 0 Å². The average Bonchev–Trinajstić information content (AvgIpc) is 3.34. The quantitative estimate of drug-likeness (QED) is 0.694. The van der Waals surface area contributed by atoms with E-state index in [4.69, 9.17) is 16.3 Å². The SMILES string of the molecule is COc1ccc(Cl)c(C(C)N2CC(CC(=O)c3cn(C4CC4)nn3)C2)c1. The Kier molecular flexibility index (Phi) is 4.71. The molecule has 1 unspecified atom stereocenters. The predicted octanol–water partition coefficient (Wildman–Crippen LogP) is 3.54. The van der Waals surface area contributed by atoms with E-state index in [1.54, 1.807) is 13.3 Å². The minimum absolute atomic E-state index is 0.0913. The maximum absolute atomic E-state index is 12.4. The standard InChI is InChI=1S/C19H23ClN4O2/c1-12(16-8-15(26-2)5-6-17(16)20)23-9-13(10-23)7-19(25)18-11-24(22-21-18)14-3-4-14/h5-6,8,11-14H,3-4,7,9-10H2,1-2H3. The number of rotatable bonds is 7. The van der Waals surface area contributed by atoms with Crippen LogP contribution >= 0.6 is 11.6 Å². The number of ether oxygens (including phenoxy) is 1. The number of hydrogen-bond donors (Lipinski definition) is 0. The van der Waals surface area contributed by atoms with Gasteiger partial charge in [-0.25, -0.2) is 4.68 Å². The number of halogens is 1. The molecular formula is C19H23ClN4O2. The molecule has 0 bridgehead atoms. The van der Waals surface area contributed by atoms with Crippen molar-refractivity contribution >= 4 is 17.4 Å². The molecule has 2 aromatic rings. The summed E-state index contributed by atoms with van der Waals surface area (Å²) >= 11 is 6.35. The minimum atomic E-state index is 0.0913. The number of carbonyl (C=O) groups excluding carboxylic acids is 1. The fraction of sp³-hybridized carbons (Fsp3) is 0.526. The molecule has 2 aliphatic rings. The van der Waals surface area contributed by atoms with E-state index in [1.165, 1.54) is 0 Å². The Morgan fingerprint density at radius 3 is 2.85 bits per heavy atom. The van der Waals surface area contributed by atoms with Gasteiger partial charge < -0.3 is 4.74 Å². The van der Waals surface area contributed by atoms with Crippen molar-refractivity contribution in [3.63, 3.8) is 0 Å². The molecule has 26 heavy (non-hydrogen) atoms. The van der Waals surface area contributed by atoms with Crippen LogP contribution in [0.15, 0.2) is 24.4 Å². The van der Waals surface area contributed by atoms with Crippen molar-refractivity contribution in [2.75, 3.05) is 20.2 Å². The second-order valence-corrected chi connectivity index (χ2v) is 7.73. The van der Waals surface area contributed by atoms with Gasteiger partial charge in [0.1, 0.15) is 11.4 Å². The highest BCUT2D eigenvalue weighted by atomic mass is 35.5. The molecule has 1 aliphatic heterocycles. The molecule has 1 atom stereocenters. The Morgan fingerprint density at radius 2 is 2.15 bits per heavy atom. The lowest BCUT2D eigenvalue weighted by atomic mass is 9.90. The van der Waals surface area contributed by atoms with Crippen LogP contribution in [-0.4, -0.2) is 45.9 Å². The zero-order valence-corrected chi connectivity index (χ0v) is 15.8. The maximum Gasteiger partial charge on any atom is 0.185 e. The highest BCUT2D eigenvalue weighted by Gasteiger charge is 2.34. The normalized spacial score (nSPS) is 19.2. The molecule has 1 saturated heterocycles. The molecule has 7 heteroatoms. The number of hydrogen-bond acceptors (Lipinski definition) is 5. The van der Waals surface area contributed by atoms with E-state index in [0.717, 1.165) is 42.3 Å². The summed E-state index contributed by atoms with van der Waals surface area (Å²) in [5.41, 5.74) is 1.56. The fourth-order valence-electron chi connectivity index (χ4n) is 3.51. The number of Topliss-reactive ketones (excluding diaryl/α,β-unsaturated/α-hetero) is 1. The molecule has 1 aromatic heterocycles. The monoisotopic (exact) mass is 374 g/mol. The van der Waals surface area contributed by atoms with Gasteiger partial charge in [0.05, 0.1) is 19.3 Å². The number of benzene rings is 1. The molecule has 1 aliphatic carbocycles. The second-order valence-electron chi connectivity index (χ2n) is 7.33. The van der Waals surface area contributed by atoms with Crippen molar-refractivity contribution in [2.24, 2.45) is 5.92 Å². The Morgan fingerprint density at radius 1 is 1.38 bits per heavy atom. The van der Waals surface area contributed by atoms with Crippen LogP contribution in [0.3, 0.4) is 0 Å². The summed E-state index contributed by atoms with van der Waals surface area (Å²) in [6.45, 7) is 3.91. The smallest absolute Gasteiger partial charge is 0.185 e. The zero-order chi connectivity index (χ0) is 18.3. The van der Waals surface area contributed by atoms with E-state index in [1.807, 2.05) is 22.9 Å². The van der Waals surface area contributed by atoms with Crippen LogP contribution in [-0.2, 0) is 0 Å². The van der Waals surface area contributed by atoms with Crippen LogP contribution in [0.1, 0.15) is 54.3 Å². The maximum atomic E-state index is 12.4. The van der Waals surface area contributed by atoms with Crippen LogP contribution < -0.4 is 4.74 Å². The van der Waals surface area contributed by atoms with Crippen molar-refractivity contribution in [1.82, 2.24) is 19.9 Å². The van der Waals surface area contributed by atoms with Crippen LogP contribution in [0.4, 0.5) is 0 Å². The van der Waals surface area contributed by atoms with Gasteiger partial charge in [0.25, 0.3) is 0 Å². The van der Waals surface area contributed by atoms with Gasteiger partial charge >= 0.3 is 0 Å². The van der Waals surface area contributed by atoms with Gasteiger partial charge in [0, 0.05) is 30.6 Å². The van der Waals surface area contributed by atoms with Gasteiger partial charge in [0.2, 0.25) is 0 Å². The number of aromatic nitrogens is 3. The molecule has 1 saturated carbocycles. The zero-order valence-electron chi connectivity index (χ0n) is 15.1. The Hall–Kier alpha value is -1.92. The number of methoxy groups -OCH3 is 1. The number of ketones is 1. The summed E-state index contributed by atoms with van der Waals surface area (Å²) in [6.07, 6.45) is 4.60. The summed E-state index contributed by atoms with van der Waals surface area (Å²) in [7, 11) is 1.66. The summed E-state index contributed by atoms with van der Waals surface area (Å²) in [5, 5.41) is 8.85. The number of likely N-dealkylation sites (tertiary alicyclic amines) is 1. The summed E-state index contributed by atoms with van der Waals surface area (Å²) in [4.78, 5) is 14.7. The van der Waals surface area contributed by atoms with Crippen molar-refractivity contribution in [1.29, 1.82) is 0 Å². The van der Waals surface area contributed by atoms with E-state index in [0.29, 0.717) is 24.1 Å². The number of carbonyl (C=O) groups is 1. The lowest BCUT2D eigenvalue weighted by Crippen LogP contribution is -2.48. The molecule has 0 amide bonds. The third-order valence-electron chi connectivity index (χ3n) is 5.38. The lowest BCUT2D eigenvalue weighted by molar-refractivity contribution is 0.0502. The third-order valence-corrected chi connectivity index (χ3v) is 5.72. The van der Waals surface area contributed by atoms with Crippen molar-refractivity contribution in [3.8, 4) is 5.75 Å². The van der Waals surface area contributed by atoms with Gasteiger partial charge in [0.15, 0.2) is 5.78 Å². The Bertz CT molecular complexity index is 812. The van der Waals surface area contributed by atoms with Crippen LogP contribution in [0.5, 0.6) is 5.75 Å². The number of nitrogens with zero attached hydrogens (tertiary/aromatic N) is 4. The van der Waals surface area contributed by atoms with Crippen molar-refractivity contribution < 1.29 is 9.53 Å². The average molecular weight is 375 g/mol. The highest BCUT2D eigenvalue weighted by molar-refractivity contribution is 6.31. The first-order valence-electron chi connectivity index (χ1n) is 9.07.